The van der Waals surface area contributed by atoms with Crippen molar-refractivity contribution in [3.8, 4) is 0 Å². The quantitative estimate of drug-likeness (QED) is 0.668. The van der Waals surface area contributed by atoms with E-state index in [0.29, 0.717) is 28.7 Å². The Morgan fingerprint density at radius 2 is 1.90 bits per heavy atom. The molecular weight excluding hydrogens is 373 g/mol. The van der Waals surface area contributed by atoms with Gasteiger partial charge in [0.05, 0.1) is 16.6 Å². The summed E-state index contributed by atoms with van der Waals surface area (Å²) in [4.78, 5) is 14.2. The second kappa shape index (κ2) is 7.41. The van der Waals surface area contributed by atoms with Crippen molar-refractivity contribution in [3.05, 3.63) is 68.1 Å². The third kappa shape index (κ3) is 4.82. The fraction of sp³-hybridized carbons (Fsp3) is 0.188. The number of likely N-dealkylation sites (N-methyl/N-ethyl adjacent to an activating group) is 1. The summed E-state index contributed by atoms with van der Waals surface area (Å²) in [6, 6.07) is 13.0. The van der Waals surface area contributed by atoms with E-state index in [2.05, 4.69) is 15.9 Å². The predicted octanol–water partition coefficient (Wildman–Crippen LogP) is 5.07. The minimum absolute atomic E-state index is 0.0195. The highest BCUT2D eigenvalue weighted by atomic mass is 79.9. The molecule has 0 saturated heterocycles. The Bertz CT molecular complexity index is 660. The van der Waals surface area contributed by atoms with Crippen LogP contribution in [0.15, 0.2) is 46.9 Å². The summed E-state index contributed by atoms with van der Waals surface area (Å²) in [7, 11) is 1.91. The van der Waals surface area contributed by atoms with Gasteiger partial charge in [-0.05, 0) is 42.9 Å². The van der Waals surface area contributed by atoms with E-state index in [-0.39, 0.29) is 5.78 Å². The van der Waals surface area contributed by atoms with Gasteiger partial charge in [-0.2, -0.15) is 0 Å². The van der Waals surface area contributed by atoms with Crippen molar-refractivity contribution in [3.63, 3.8) is 0 Å². The molecule has 0 amide bonds. The van der Waals surface area contributed by atoms with E-state index in [1.807, 2.05) is 36.2 Å². The molecular formula is C16H14BrCl2NO. The van der Waals surface area contributed by atoms with Crippen molar-refractivity contribution in [2.45, 2.75) is 6.54 Å². The number of carbonyl (C=O) groups is 1. The van der Waals surface area contributed by atoms with Crippen LogP contribution in [0.2, 0.25) is 10.0 Å². The summed E-state index contributed by atoms with van der Waals surface area (Å²) in [6.45, 7) is 1.02. The lowest BCUT2D eigenvalue weighted by Gasteiger charge is -2.16. The number of hydrogen-bond acceptors (Lipinski definition) is 2. The van der Waals surface area contributed by atoms with Gasteiger partial charge in [0.2, 0.25) is 0 Å². The SMILES string of the molecule is CN(CC(=O)c1ccc(Cl)c(Cl)c1)Cc1cccc(Br)c1. The van der Waals surface area contributed by atoms with E-state index in [0.717, 1.165) is 10.0 Å². The minimum atomic E-state index is 0.0195. The molecule has 110 valence electrons. The molecule has 0 unspecified atom stereocenters. The highest BCUT2D eigenvalue weighted by Crippen LogP contribution is 2.23. The fourth-order valence-corrected chi connectivity index (χ4v) is 2.75. The van der Waals surface area contributed by atoms with Gasteiger partial charge in [0.1, 0.15) is 0 Å². The normalized spacial score (nSPS) is 10.9. The first-order valence-electron chi connectivity index (χ1n) is 6.37. The van der Waals surface area contributed by atoms with Gasteiger partial charge in [0.15, 0.2) is 5.78 Å². The maximum Gasteiger partial charge on any atom is 0.176 e. The minimum Gasteiger partial charge on any atom is -0.295 e. The maximum atomic E-state index is 12.2. The van der Waals surface area contributed by atoms with Crippen molar-refractivity contribution in [2.75, 3.05) is 13.6 Å². The van der Waals surface area contributed by atoms with Crippen LogP contribution in [-0.2, 0) is 6.54 Å². The molecule has 0 atom stereocenters. The third-order valence-corrected chi connectivity index (χ3v) is 4.23. The fourth-order valence-electron chi connectivity index (χ4n) is 2.01. The number of rotatable bonds is 5. The second-order valence-corrected chi connectivity index (χ2v) is 6.58. The van der Waals surface area contributed by atoms with Crippen LogP contribution in [0.25, 0.3) is 0 Å². The average molecular weight is 387 g/mol. The zero-order valence-electron chi connectivity index (χ0n) is 11.4. The second-order valence-electron chi connectivity index (χ2n) is 4.85. The molecule has 5 heteroatoms. The van der Waals surface area contributed by atoms with Crippen molar-refractivity contribution in [1.29, 1.82) is 0 Å². The largest absolute Gasteiger partial charge is 0.295 e. The average Bonchev–Trinajstić information content (AvgIpc) is 2.41. The van der Waals surface area contributed by atoms with E-state index in [1.165, 1.54) is 0 Å². The van der Waals surface area contributed by atoms with Gasteiger partial charge < -0.3 is 0 Å². The first-order chi connectivity index (χ1) is 9.95. The summed E-state index contributed by atoms with van der Waals surface area (Å²) >= 11 is 15.2. The number of Topliss-reactive ketones (excluding diaryl/α,β-unsaturated/α-hetero) is 1. The number of ketones is 1. The van der Waals surface area contributed by atoms with Gasteiger partial charge in [-0.25, -0.2) is 0 Å². The zero-order chi connectivity index (χ0) is 15.4. The molecule has 0 aliphatic rings. The van der Waals surface area contributed by atoms with E-state index in [1.54, 1.807) is 18.2 Å². The highest BCUT2D eigenvalue weighted by molar-refractivity contribution is 9.10. The van der Waals surface area contributed by atoms with Crippen LogP contribution in [0.4, 0.5) is 0 Å². The summed E-state index contributed by atoms with van der Waals surface area (Å²) in [6.07, 6.45) is 0. The lowest BCUT2D eigenvalue weighted by Crippen LogP contribution is -2.25. The zero-order valence-corrected chi connectivity index (χ0v) is 14.5. The molecule has 0 radical (unpaired) electrons. The van der Waals surface area contributed by atoms with E-state index in [9.17, 15) is 4.79 Å². The van der Waals surface area contributed by atoms with Crippen LogP contribution in [0.5, 0.6) is 0 Å². The summed E-state index contributed by atoms with van der Waals surface area (Å²) in [5.41, 5.74) is 1.72. The number of nitrogens with zero attached hydrogens (tertiary/aromatic N) is 1. The van der Waals surface area contributed by atoms with Crippen molar-refractivity contribution < 1.29 is 4.79 Å². The molecule has 0 aliphatic heterocycles. The Kier molecular flexibility index (Phi) is 5.82. The van der Waals surface area contributed by atoms with Crippen LogP contribution in [0.1, 0.15) is 15.9 Å². The third-order valence-electron chi connectivity index (χ3n) is 3.00. The summed E-state index contributed by atoms with van der Waals surface area (Å²) < 4.78 is 1.03. The van der Waals surface area contributed by atoms with Crippen molar-refractivity contribution >= 4 is 44.9 Å². The van der Waals surface area contributed by atoms with Crippen LogP contribution < -0.4 is 0 Å². The molecule has 0 spiro atoms. The number of benzene rings is 2. The first-order valence-corrected chi connectivity index (χ1v) is 7.92. The Balaban J connectivity index is 2.00. The molecule has 0 fully saturated rings. The smallest absolute Gasteiger partial charge is 0.176 e. The molecule has 0 heterocycles. The Hall–Kier alpha value is -0.870. The molecule has 0 saturated carbocycles. The lowest BCUT2D eigenvalue weighted by molar-refractivity contribution is 0.0943. The van der Waals surface area contributed by atoms with Crippen molar-refractivity contribution in [2.24, 2.45) is 0 Å². The molecule has 2 aromatic rings. The van der Waals surface area contributed by atoms with Crippen molar-refractivity contribution in [1.82, 2.24) is 4.90 Å². The van der Waals surface area contributed by atoms with Gasteiger partial charge in [-0.15, -0.1) is 0 Å². The van der Waals surface area contributed by atoms with E-state index >= 15 is 0 Å². The molecule has 2 nitrogen and oxygen atoms in total. The van der Waals surface area contributed by atoms with Gasteiger partial charge in [0.25, 0.3) is 0 Å². The van der Waals surface area contributed by atoms with Gasteiger partial charge >= 0.3 is 0 Å². The monoisotopic (exact) mass is 385 g/mol. The molecule has 0 bridgehead atoms. The summed E-state index contributed by atoms with van der Waals surface area (Å²) in [5, 5.41) is 0.855. The number of hydrogen-bond donors (Lipinski definition) is 0. The molecule has 0 aliphatic carbocycles. The Labute approximate surface area is 142 Å². The number of carbonyl (C=O) groups excluding carboxylic acids is 1. The van der Waals surface area contributed by atoms with Gasteiger partial charge in [-0.3, -0.25) is 9.69 Å². The molecule has 21 heavy (non-hydrogen) atoms. The lowest BCUT2D eigenvalue weighted by atomic mass is 10.1. The number of halogens is 3. The predicted molar refractivity (Wildman–Crippen MR) is 91.3 cm³/mol. The first kappa shape index (κ1) is 16.5. The molecule has 0 aromatic heterocycles. The van der Waals surface area contributed by atoms with Crippen LogP contribution in [-0.4, -0.2) is 24.3 Å². The summed E-state index contributed by atoms with van der Waals surface area (Å²) in [5.74, 6) is 0.0195. The van der Waals surface area contributed by atoms with E-state index in [4.69, 9.17) is 23.2 Å². The Morgan fingerprint density at radius 1 is 1.14 bits per heavy atom. The Morgan fingerprint density at radius 3 is 2.57 bits per heavy atom. The highest BCUT2D eigenvalue weighted by Gasteiger charge is 2.11. The van der Waals surface area contributed by atoms with Gasteiger partial charge in [0, 0.05) is 16.6 Å². The maximum absolute atomic E-state index is 12.2. The molecule has 2 rings (SSSR count). The standard InChI is InChI=1S/C16H14BrCl2NO/c1-20(9-11-3-2-4-13(17)7-11)10-16(21)12-5-6-14(18)15(19)8-12/h2-8H,9-10H2,1H3. The molecule has 0 N–H and O–H groups in total. The van der Waals surface area contributed by atoms with Crippen LogP contribution >= 0.6 is 39.1 Å². The van der Waals surface area contributed by atoms with Gasteiger partial charge in [-0.1, -0.05) is 51.3 Å². The topological polar surface area (TPSA) is 20.3 Å². The van der Waals surface area contributed by atoms with Crippen LogP contribution in [0.3, 0.4) is 0 Å². The molecule has 2 aromatic carbocycles. The van der Waals surface area contributed by atoms with E-state index < -0.39 is 0 Å². The van der Waals surface area contributed by atoms with Crippen LogP contribution in [0, 0.1) is 0 Å².